The van der Waals surface area contributed by atoms with E-state index in [2.05, 4.69) is 20.3 Å². The predicted octanol–water partition coefficient (Wildman–Crippen LogP) is 3.50. The van der Waals surface area contributed by atoms with Crippen molar-refractivity contribution in [2.45, 2.75) is 0 Å². The van der Waals surface area contributed by atoms with Gasteiger partial charge in [0.2, 0.25) is 0 Å². The number of hydrogen-bond acceptors (Lipinski definition) is 5. The van der Waals surface area contributed by atoms with Gasteiger partial charge in [-0.1, -0.05) is 23.7 Å². The second-order valence-corrected chi connectivity index (χ2v) is 6.75. The molecule has 8 heteroatoms. The fourth-order valence-electron chi connectivity index (χ4n) is 2.72. The number of aromatic amines is 1. The van der Waals surface area contributed by atoms with Gasteiger partial charge in [0, 0.05) is 5.02 Å². The topological polar surface area (TPSA) is 75.9 Å². The third kappa shape index (κ3) is 1.88. The normalized spacial score (nSPS) is 11.7. The first-order valence-corrected chi connectivity index (χ1v) is 8.32. The van der Waals surface area contributed by atoms with Crippen molar-refractivity contribution in [2.24, 2.45) is 0 Å². The Balaban J connectivity index is 1.85. The Kier molecular flexibility index (Phi) is 2.76. The average molecular weight is 354 g/mol. The smallest absolute Gasteiger partial charge is 0.267 e. The molecule has 1 N–H and O–H groups in total. The van der Waals surface area contributed by atoms with Crippen molar-refractivity contribution in [3.8, 4) is 10.7 Å². The number of fused-ring (bicyclic) bond motifs is 4. The van der Waals surface area contributed by atoms with Crippen LogP contribution in [0, 0.1) is 0 Å². The monoisotopic (exact) mass is 353 g/mol. The first kappa shape index (κ1) is 13.6. The second kappa shape index (κ2) is 4.86. The molecule has 5 aromatic rings. The lowest BCUT2D eigenvalue weighted by atomic mass is 10.2. The third-order valence-corrected chi connectivity index (χ3v) is 5.10. The maximum atomic E-state index is 12.4. The Morgan fingerprint density at radius 1 is 1.12 bits per heavy atom. The molecule has 0 aliphatic carbocycles. The summed E-state index contributed by atoms with van der Waals surface area (Å²) in [4.78, 5) is 21.1. The molecular formula is C16H8ClN5OS. The van der Waals surface area contributed by atoms with Crippen molar-refractivity contribution in [2.75, 3.05) is 0 Å². The molecular weight excluding hydrogens is 346 g/mol. The number of nitrogens with one attached hydrogen (secondary N) is 1. The zero-order valence-electron chi connectivity index (χ0n) is 12.0. The van der Waals surface area contributed by atoms with E-state index in [-0.39, 0.29) is 5.56 Å². The molecule has 3 heterocycles. The zero-order chi connectivity index (χ0) is 16.3. The molecule has 6 nitrogen and oxygen atoms in total. The minimum Gasteiger partial charge on any atom is -0.267 e. The molecule has 0 saturated carbocycles. The van der Waals surface area contributed by atoms with Crippen molar-refractivity contribution in [3.05, 3.63) is 57.8 Å². The molecule has 0 aliphatic heterocycles. The SMILES string of the molecule is O=c1nc2c(-c3nc4ccccc4s3)n[nH]n2c2ccc(Cl)cc12. The van der Waals surface area contributed by atoms with Crippen molar-refractivity contribution >= 4 is 49.7 Å². The van der Waals surface area contributed by atoms with Crippen LogP contribution in [0.25, 0.3) is 37.5 Å². The summed E-state index contributed by atoms with van der Waals surface area (Å²) < 4.78 is 2.73. The van der Waals surface area contributed by atoms with Gasteiger partial charge in [-0.15, -0.1) is 11.3 Å². The number of H-pyrrole nitrogens is 1. The number of hydrogen-bond donors (Lipinski definition) is 1. The first-order chi connectivity index (χ1) is 11.7. The summed E-state index contributed by atoms with van der Waals surface area (Å²) in [6, 6.07) is 13.0. The van der Waals surface area contributed by atoms with Crippen LogP contribution >= 0.6 is 22.9 Å². The predicted molar refractivity (Wildman–Crippen MR) is 94.7 cm³/mol. The van der Waals surface area contributed by atoms with E-state index in [4.69, 9.17) is 11.6 Å². The number of nitrogens with zero attached hydrogens (tertiary/aromatic N) is 4. The van der Waals surface area contributed by atoms with Crippen LogP contribution in [0.15, 0.2) is 47.3 Å². The maximum Gasteiger partial charge on any atom is 0.281 e. The van der Waals surface area contributed by atoms with Gasteiger partial charge in [-0.25, -0.2) is 14.7 Å². The summed E-state index contributed by atoms with van der Waals surface area (Å²) in [6.07, 6.45) is 0. The Bertz CT molecular complexity index is 1270. The number of halogens is 1. The molecule has 0 bridgehead atoms. The van der Waals surface area contributed by atoms with Crippen LogP contribution in [0.2, 0.25) is 5.02 Å². The van der Waals surface area contributed by atoms with Gasteiger partial charge in [0.15, 0.2) is 11.3 Å². The van der Waals surface area contributed by atoms with Crippen molar-refractivity contribution in [1.82, 2.24) is 24.8 Å². The van der Waals surface area contributed by atoms with Gasteiger partial charge >= 0.3 is 0 Å². The fraction of sp³-hybridized carbons (Fsp3) is 0. The van der Waals surface area contributed by atoms with E-state index in [1.165, 1.54) is 11.3 Å². The van der Waals surface area contributed by atoms with Crippen LogP contribution in [0.4, 0.5) is 0 Å². The Morgan fingerprint density at radius 2 is 2.00 bits per heavy atom. The van der Waals surface area contributed by atoms with E-state index >= 15 is 0 Å². The van der Waals surface area contributed by atoms with E-state index in [0.29, 0.717) is 27.3 Å². The Labute approximate surface area is 143 Å². The highest BCUT2D eigenvalue weighted by molar-refractivity contribution is 7.21. The van der Waals surface area contributed by atoms with Crippen LogP contribution in [-0.4, -0.2) is 24.8 Å². The minimum absolute atomic E-state index is 0.337. The summed E-state index contributed by atoms with van der Waals surface area (Å²) >= 11 is 7.49. The minimum atomic E-state index is -0.337. The van der Waals surface area contributed by atoms with E-state index in [1.807, 2.05) is 24.3 Å². The van der Waals surface area contributed by atoms with Gasteiger partial charge in [-0.3, -0.25) is 4.79 Å². The van der Waals surface area contributed by atoms with Gasteiger partial charge in [0.25, 0.3) is 5.56 Å². The number of para-hydroxylation sites is 1. The second-order valence-electron chi connectivity index (χ2n) is 5.28. The van der Waals surface area contributed by atoms with Crippen molar-refractivity contribution in [1.29, 1.82) is 0 Å². The first-order valence-electron chi connectivity index (χ1n) is 7.13. The van der Waals surface area contributed by atoms with Crippen molar-refractivity contribution in [3.63, 3.8) is 0 Å². The molecule has 0 aliphatic rings. The van der Waals surface area contributed by atoms with Crippen LogP contribution in [0.5, 0.6) is 0 Å². The van der Waals surface area contributed by atoms with E-state index in [9.17, 15) is 4.79 Å². The molecule has 116 valence electrons. The van der Waals surface area contributed by atoms with E-state index in [1.54, 1.807) is 22.7 Å². The quantitative estimate of drug-likeness (QED) is 0.500. The summed E-state index contributed by atoms with van der Waals surface area (Å²) in [5.74, 6) is 0. The molecule has 2 aromatic carbocycles. The lowest BCUT2D eigenvalue weighted by molar-refractivity contribution is 0.874. The Morgan fingerprint density at radius 3 is 2.88 bits per heavy atom. The summed E-state index contributed by atoms with van der Waals surface area (Å²) in [5.41, 5.74) is 2.25. The number of aromatic nitrogens is 5. The molecule has 0 unspecified atom stereocenters. The maximum absolute atomic E-state index is 12.4. The summed E-state index contributed by atoms with van der Waals surface area (Å²) in [5, 5.41) is 8.89. The average Bonchev–Trinajstić information content (AvgIpc) is 3.18. The highest BCUT2D eigenvalue weighted by atomic mass is 35.5. The lowest BCUT2D eigenvalue weighted by Crippen LogP contribution is -2.10. The van der Waals surface area contributed by atoms with Gasteiger partial charge in [-0.2, -0.15) is 10.1 Å². The number of benzene rings is 2. The molecule has 0 atom stereocenters. The van der Waals surface area contributed by atoms with Crippen LogP contribution in [0.3, 0.4) is 0 Å². The van der Waals surface area contributed by atoms with Gasteiger partial charge in [0.05, 0.1) is 21.1 Å². The molecule has 0 spiro atoms. The Hall–Kier alpha value is -2.77. The van der Waals surface area contributed by atoms with Gasteiger partial charge < -0.3 is 0 Å². The summed E-state index contributed by atoms with van der Waals surface area (Å²) in [7, 11) is 0. The van der Waals surface area contributed by atoms with Gasteiger partial charge in [-0.05, 0) is 30.3 Å². The lowest BCUT2D eigenvalue weighted by Gasteiger charge is -2.00. The molecule has 24 heavy (non-hydrogen) atoms. The number of thiazole rings is 1. The highest BCUT2D eigenvalue weighted by Crippen LogP contribution is 2.31. The molecule has 0 saturated heterocycles. The van der Waals surface area contributed by atoms with E-state index < -0.39 is 0 Å². The van der Waals surface area contributed by atoms with E-state index in [0.717, 1.165) is 15.2 Å². The van der Waals surface area contributed by atoms with Crippen molar-refractivity contribution < 1.29 is 0 Å². The van der Waals surface area contributed by atoms with Gasteiger partial charge in [0.1, 0.15) is 5.01 Å². The fourth-order valence-corrected chi connectivity index (χ4v) is 3.84. The molecule has 5 rings (SSSR count). The standard InChI is InChI=1S/C16H8ClN5OS/c17-8-5-6-11-9(7-8)15(23)19-14-13(20-21-22(11)14)16-18-10-3-1-2-4-12(10)24-16/h1-7,21H. The van der Waals surface area contributed by atoms with Crippen LogP contribution < -0.4 is 5.56 Å². The zero-order valence-corrected chi connectivity index (χ0v) is 13.6. The number of rotatable bonds is 1. The largest absolute Gasteiger partial charge is 0.281 e. The molecule has 0 radical (unpaired) electrons. The third-order valence-electron chi connectivity index (χ3n) is 3.82. The molecule has 0 fully saturated rings. The summed E-state index contributed by atoms with van der Waals surface area (Å²) in [6.45, 7) is 0. The molecule has 0 amide bonds. The molecule has 3 aromatic heterocycles. The highest BCUT2D eigenvalue weighted by Gasteiger charge is 2.17. The van der Waals surface area contributed by atoms with Crippen LogP contribution in [-0.2, 0) is 0 Å². The van der Waals surface area contributed by atoms with Crippen LogP contribution in [0.1, 0.15) is 0 Å².